The molecule has 33 heavy (non-hydrogen) atoms. The van der Waals surface area contributed by atoms with Crippen LogP contribution in [-0.4, -0.2) is 55.9 Å². The van der Waals surface area contributed by atoms with Gasteiger partial charge in [0, 0.05) is 48.2 Å². The van der Waals surface area contributed by atoms with Crippen LogP contribution in [-0.2, 0) is 24.4 Å². The molecule has 0 aliphatic carbocycles. The number of rotatable bonds is 5. The number of aromatic nitrogens is 2. The van der Waals surface area contributed by atoms with E-state index >= 15 is 0 Å². The van der Waals surface area contributed by atoms with Crippen molar-refractivity contribution in [3.05, 3.63) is 52.9 Å². The summed E-state index contributed by atoms with van der Waals surface area (Å²) in [4.78, 5) is 14.9. The lowest BCUT2D eigenvalue weighted by Gasteiger charge is -2.40. The first kappa shape index (κ1) is 24.0. The number of carbonyl (C=O) groups is 1. The molecule has 4 rings (SSSR count). The number of benzene rings is 1. The Morgan fingerprint density at radius 2 is 2.12 bits per heavy atom. The van der Waals surface area contributed by atoms with Crippen LogP contribution in [0.15, 0.2) is 24.4 Å². The molecular weight excluding hydrogens is 450 g/mol. The molecule has 3 heterocycles. The predicted molar refractivity (Wildman–Crippen MR) is 122 cm³/mol. The molecular formula is C23H30F2N4O3S. The van der Waals surface area contributed by atoms with Crippen LogP contribution in [0.4, 0.5) is 13.6 Å². The summed E-state index contributed by atoms with van der Waals surface area (Å²) in [6.07, 6.45) is 1.97. The Balaban J connectivity index is 1.51. The van der Waals surface area contributed by atoms with Crippen molar-refractivity contribution in [1.82, 2.24) is 20.0 Å². The third kappa shape index (κ3) is 5.67. The van der Waals surface area contributed by atoms with E-state index in [1.54, 1.807) is 25.5 Å². The van der Waals surface area contributed by atoms with E-state index < -0.39 is 34.6 Å². The highest BCUT2D eigenvalue weighted by molar-refractivity contribution is 7.99. The van der Waals surface area contributed by atoms with E-state index in [1.165, 1.54) is 17.8 Å². The Labute approximate surface area is 196 Å². The Bertz CT molecular complexity index is 987. The van der Waals surface area contributed by atoms with E-state index in [9.17, 15) is 13.6 Å². The van der Waals surface area contributed by atoms with E-state index in [0.717, 1.165) is 29.9 Å². The van der Waals surface area contributed by atoms with Crippen molar-refractivity contribution in [2.75, 3.05) is 12.4 Å². The van der Waals surface area contributed by atoms with Crippen molar-refractivity contribution in [2.45, 2.75) is 69.8 Å². The fraction of sp³-hybridized carbons (Fsp3) is 0.565. The van der Waals surface area contributed by atoms with Crippen LogP contribution in [0.1, 0.15) is 49.3 Å². The molecule has 2 aliphatic rings. The van der Waals surface area contributed by atoms with E-state index in [2.05, 4.69) is 15.3 Å². The van der Waals surface area contributed by atoms with Gasteiger partial charge in [-0.05, 0) is 45.4 Å². The molecule has 2 aromatic rings. The fourth-order valence-corrected chi connectivity index (χ4v) is 5.96. The number of alkyl carbamates (subject to hydrolysis) is 1. The lowest BCUT2D eigenvalue weighted by Crippen LogP contribution is -2.49. The second-order valence-electron chi connectivity index (χ2n) is 9.55. The standard InChI is InChI=1S/C23H30F2N4O3S/c1-23(2,3)32-22(31)26-19-9-16(13-33-21(19)17-8-15(24)4-5-18(17)25)28-10-14-11-29(6-7-30)27-20(14)12-28/h4-5,8,11,16,19,21,30H,6-7,9-10,12-13H2,1-3H3,(H,26,31)/t16-,19+,21?/m1/s1. The topological polar surface area (TPSA) is 79.6 Å². The maximum absolute atomic E-state index is 14.6. The quantitative estimate of drug-likeness (QED) is 0.681. The van der Waals surface area contributed by atoms with Gasteiger partial charge in [0.15, 0.2) is 0 Å². The van der Waals surface area contributed by atoms with Crippen molar-refractivity contribution < 1.29 is 23.4 Å². The average Bonchev–Trinajstić information content (AvgIpc) is 3.27. The Hall–Kier alpha value is -2.17. The van der Waals surface area contributed by atoms with Gasteiger partial charge in [-0.2, -0.15) is 5.10 Å². The van der Waals surface area contributed by atoms with Crippen LogP contribution >= 0.6 is 11.8 Å². The predicted octanol–water partition coefficient (Wildman–Crippen LogP) is 3.61. The number of hydrogen-bond donors (Lipinski definition) is 2. The van der Waals surface area contributed by atoms with Gasteiger partial charge in [0.25, 0.3) is 0 Å². The van der Waals surface area contributed by atoms with Gasteiger partial charge in [0.05, 0.1) is 24.1 Å². The Morgan fingerprint density at radius 3 is 2.82 bits per heavy atom. The largest absolute Gasteiger partial charge is 0.444 e. The molecule has 2 aliphatic heterocycles. The van der Waals surface area contributed by atoms with Crippen molar-refractivity contribution in [3.8, 4) is 0 Å². The summed E-state index contributed by atoms with van der Waals surface area (Å²) in [5, 5.41) is 16.2. The summed E-state index contributed by atoms with van der Waals surface area (Å²) in [6, 6.07) is 3.15. The molecule has 1 aromatic carbocycles. The van der Waals surface area contributed by atoms with Gasteiger partial charge in [0.1, 0.15) is 17.2 Å². The van der Waals surface area contributed by atoms with Gasteiger partial charge in [-0.15, -0.1) is 11.8 Å². The number of halogens is 2. The van der Waals surface area contributed by atoms with Gasteiger partial charge < -0.3 is 15.2 Å². The zero-order valence-electron chi connectivity index (χ0n) is 19.1. The smallest absolute Gasteiger partial charge is 0.407 e. The van der Waals surface area contributed by atoms with Crippen molar-refractivity contribution >= 4 is 17.9 Å². The molecule has 1 aromatic heterocycles. The maximum atomic E-state index is 14.6. The molecule has 1 unspecified atom stereocenters. The van der Waals surface area contributed by atoms with Crippen LogP contribution < -0.4 is 5.32 Å². The van der Waals surface area contributed by atoms with Crippen LogP contribution in [0.5, 0.6) is 0 Å². The molecule has 0 spiro atoms. The first-order valence-corrected chi connectivity index (χ1v) is 12.1. The number of carbonyl (C=O) groups excluding carboxylic acids is 1. The molecule has 0 bridgehead atoms. The number of aliphatic hydroxyl groups excluding tert-OH is 1. The molecule has 0 radical (unpaired) electrons. The zero-order valence-corrected chi connectivity index (χ0v) is 19.9. The highest BCUT2D eigenvalue weighted by atomic mass is 32.2. The minimum Gasteiger partial charge on any atom is -0.444 e. The minimum absolute atomic E-state index is 0.0413. The summed E-state index contributed by atoms with van der Waals surface area (Å²) < 4.78 is 35.7. The Kier molecular flexibility index (Phi) is 6.97. The fourth-order valence-electron chi connectivity index (χ4n) is 4.41. The van der Waals surface area contributed by atoms with Gasteiger partial charge in [0.2, 0.25) is 0 Å². The average molecular weight is 481 g/mol. The van der Waals surface area contributed by atoms with E-state index in [-0.39, 0.29) is 18.2 Å². The summed E-state index contributed by atoms with van der Waals surface area (Å²) in [7, 11) is 0. The van der Waals surface area contributed by atoms with Gasteiger partial charge in [-0.3, -0.25) is 9.58 Å². The highest BCUT2D eigenvalue weighted by Gasteiger charge is 2.39. The second kappa shape index (κ2) is 9.60. The van der Waals surface area contributed by atoms with Gasteiger partial charge >= 0.3 is 6.09 Å². The minimum atomic E-state index is -0.664. The molecule has 1 saturated heterocycles. The number of aliphatic hydroxyl groups is 1. The number of fused-ring (bicyclic) bond motifs is 1. The van der Waals surface area contributed by atoms with Crippen molar-refractivity contribution in [2.24, 2.45) is 0 Å². The highest BCUT2D eigenvalue weighted by Crippen LogP contribution is 2.42. The molecule has 1 fully saturated rings. The third-order valence-corrected chi connectivity index (χ3v) is 7.34. The van der Waals surface area contributed by atoms with Crippen LogP contribution in [0.25, 0.3) is 0 Å². The number of thioether (sulfide) groups is 1. The van der Waals surface area contributed by atoms with E-state index in [1.807, 2.05) is 6.20 Å². The SMILES string of the molecule is CC(C)(C)OC(=O)N[C@H]1C[C@@H](N2Cc3cn(CCO)nc3C2)CSC1c1cc(F)ccc1F. The van der Waals surface area contributed by atoms with Crippen LogP contribution in [0.2, 0.25) is 0 Å². The number of hydrogen-bond acceptors (Lipinski definition) is 6. The summed E-state index contributed by atoms with van der Waals surface area (Å²) in [5.74, 6) is -0.272. The summed E-state index contributed by atoms with van der Waals surface area (Å²) in [5.41, 5.74) is 1.71. The molecule has 2 N–H and O–H groups in total. The number of nitrogens with one attached hydrogen (secondary N) is 1. The van der Waals surface area contributed by atoms with Crippen LogP contribution in [0.3, 0.4) is 0 Å². The lowest BCUT2D eigenvalue weighted by molar-refractivity contribution is 0.0487. The maximum Gasteiger partial charge on any atom is 0.407 e. The molecule has 3 atom stereocenters. The number of amides is 1. The zero-order chi connectivity index (χ0) is 23.8. The molecule has 0 saturated carbocycles. The van der Waals surface area contributed by atoms with Crippen molar-refractivity contribution in [1.29, 1.82) is 0 Å². The lowest BCUT2D eigenvalue weighted by atomic mass is 9.97. The Morgan fingerprint density at radius 1 is 1.33 bits per heavy atom. The van der Waals surface area contributed by atoms with Crippen molar-refractivity contribution in [3.63, 3.8) is 0 Å². The second-order valence-corrected chi connectivity index (χ2v) is 10.7. The van der Waals surface area contributed by atoms with Gasteiger partial charge in [-0.25, -0.2) is 13.6 Å². The first-order valence-electron chi connectivity index (χ1n) is 11.1. The summed E-state index contributed by atoms with van der Waals surface area (Å²) >= 11 is 1.52. The van der Waals surface area contributed by atoms with E-state index in [0.29, 0.717) is 25.3 Å². The summed E-state index contributed by atoms with van der Waals surface area (Å²) in [6.45, 7) is 7.26. The molecule has 10 heteroatoms. The van der Waals surface area contributed by atoms with Gasteiger partial charge in [-0.1, -0.05) is 0 Å². The van der Waals surface area contributed by atoms with E-state index in [4.69, 9.17) is 9.84 Å². The molecule has 7 nitrogen and oxygen atoms in total. The normalized spacial score (nSPS) is 23.4. The monoisotopic (exact) mass is 480 g/mol. The molecule has 180 valence electrons. The van der Waals surface area contributed by atoms with Crippen LogP contribution in [0, 0.1) is 11.6 Å². The number of nitrogens with zero attached hydrogens (tertiary/aromatic N) is 3. The third-order valence-electron chi connectivity index (χ3n) is 5.82. The number of ether oxygens (including phenoxy) is 1. The first-order chi connectivity index (χ1) is 15.6. The molecule has 1 amide bonds.